The van der Waals surface area contributed by atoms with Gasteiger partial charge in [-0.05, 0) is 23.3 Å². The fourth-order valence-electron chi connectivity index (χ4n) is 4.74. The summed E-state index contributed by atoms with van der Waals surface area (Å²) in [5.74, 6) is -0.561. The molecule has 0 radical (unpaired) electrons. The molecular formula is C26H25F2N7O4. The number of aryl methyl sites for hydroxylation is 1. The predicted molar refractivity (Wildman–Crippen MR) is 136 cm³/mol. The zero-order valence-electron chi connectivity index (χ0n) is 21.1. The summed E-state index contributed by atoms with van der Waals surface area (Å²) in [4.78, 5) is 40.2. The minimum Gasteiger partial charge on any atom is -0.435 e. The highest BCUT2D eigenvalue weighted by Gasteiger charge is 2.40. The molecule has 0 fully saturated rings. The number of ether oxygens (including phenoxy) is 1. The molecule has 0 saturated heterocycles. The van der Waals surface area contributed by atoms with E-state index in [0.29, 0.717) is 28.0 Å². The molecule has 3 amide bonds. The fraction of sp³-hybridized carbons (Fsp3) is 0.269. The Morgan fingerprint density at radius 2 is 1.95 bits per heavy atom. The normalized spacial score (nSPS) is 14.4. The minimum absolute atomic E-state index is 0.0905. The van der Waals surface area contributed by atoms with Crippen LogP contribution in [0.4, 0.5) is 13.6 Å². The molecule has 4 aromatic rings. The first-order chi connectivity index (χ1) is 18.7. The standard InChI is InChI=1S/C26H25F2N7O4/c1-29-25(38)33-26(12-36,11-35-10-16-5-8-18(39-24(27)28)9-19(16)23(35)37)17-6-3-15(4-7-17)20-21-22(31-13-30-20)34(2)14-32-21/h3-9,13-14,24,36H,10-12H2,1-2H3,(H2,29,33,38)/t26-/m1/s1. The number of aliphatic hydroxyl groups excluding tert-OH is 1. The highest BCUT2D eigenvalue weighted by molar-refractivity contribution is 5.99. The fourth-order valence-corrected chi connectivity index (χ4v) is 4.74. The second kappa shape index (κ2) is 10.3. The second-order valence-electron chi connectivity index (χ2n) is 9.13. The topological polar surface area (TPSA) is 134 Å². The number of rotatable bonds is 8. The largest absolute Gasteiger partial charge is 0.435 e. The Balaban J connectivity index is 1.47. The molecular weight excluding hydrogens is 512 g/mol. The Kier molecular flexibility index (Phi) is 6.83. The Bertz CT molecular complexity index is 1540. The molecule has 3 heterocycles. The van der Waals surface area contributed by atoms with E-state index in [1.165, 1.54) is 30.4 Å². The number of halogens is 2. The molecule has 0 saturated carbocycles. The highest BCUT2D eigenvalue weighted by Crippen LogP contribution is 2.32. The zero-order chi connectivity index (χ0) is 27.7. The Morgan fingerprint density at radius 3 is 2.64 bits per heavy atom. The van der Waals surface area contributed by atoms with E-state index in [-0.39, 0.29) is 24.4 Å². The van der Waals surface area contributed by atoms with Crippen LogP contribution in [0.2, 0.25) is 0 Å². The average molecular weight is 538 g/mol. The molecule has 0 aliphatic carbocycles. The zero-order valence-corrected chi connectivity index (χ0v) is 21.1. The summed E-state index contributed by atoms with van der Waals surface area (Å²) in [5, 5.41) is 15.9. The van der Waals surface area contributed by atoms with E-state index in [9.17, 15) is 23.5 Å². The van der Waals surface area contributed by atoms with Gasteiger partial charge in [0.05, 0.1) is 19.5 Å². The number of nitrogens with one attached hydrogen (secondary N) is 2. The Hall–Kier alpha value is -4.65. The van der Waals surface area contributed by atoms with E-state index >= 15 is 0 Å². The van der Waals surface area contributed by atoms with Crippen molar-refractivity contribution in [3.8, 4) is 17.0 Å². The van der Waals surface area contributed by atoms with Crippen LogP contribution < -0.4 is 15.4 Å². The molecule has 0 bridgehead atoms. The number of carbonyl (C=O) groups excluding carboxylic acids is 2. The number of nitrogens with zero attached hydrogens (tertiary/aromatic N) is 5. The molecule has 1 aliphatic heterocycles. The smallest absolute Gasteiger partial charge is 0.387 e. The van der Waals surface area contributed by atoms with Crippen LogP contribution in [0.5, 0.6) is 5.75 Å². The van der Waals surface area contributed by atoms with Crippen molar-refractivity contribution >= 4 is 23.1 Å². The number of amides is 3. The van der Waals surface area contributed by atoms with Crippen molar-refractivity contribution in [1.82, 2.24) is 35.1 Å². The number of hydrogen-bond acceptors (Lipinski definition) is 7. The third kappa shape index (κ3) is 4.83. The summed E-state index contributed by atoms with van der Waals surface area (Å²) in [6.45, 7) is -3.48. The molecule has 202 valence electrons. The lowest BCUT2D eigenvalue weighted by Gasteiger charge is -2.37. The van der Waals surface area contributed by atoms with Gasteiger partial charge < -0.3 is 29.9 Å². The van der Waals surface area contributed by atoms with Crippen molar-refractivity contribution < 1.29 is 28.2 Å². The number of benzene rings is 2. The summed E-state index contributed by atoms with van der Waals surface area (Å²) in [6.07, 6.45) is 3.10. The van der Waals surface area contributed by atoms with Crippen LogP contribution in [0.15, 0.2) is 55.1 Å². The minimum atomic E-state index is -3.02. The number of hydrogen-bond donors (Lipinski definition) is 3. The van der Waals surface area contributed by atoms with E-state index in [1.807, 2.05) is 7.05 Å². The van der Waals surface area contributed by atoms with E-state index in [0.717, 1.165) is 5.56 Å². The van der Waals surface area contributed by atoms with Crippen molar-refractivity contribution in [2.75, 3.05) is 20.2 Å². The maximum absolute atomic E-state index is 13.2. The van der Waals surface area contributed by atoms with E-state index in [2.05, 4.69) is 30.3 Å². The van der Waals surface area contributed by atoms with Crippen LogP contribution in [-0.2, 0) is 19.1 Å². The van der Waals surface area contributed by atoms with Gasteiger partial charge in [0, 0.05) is 31.8 Å². The number of carbonyl (C=O) groups is 2. The van der Waals surface area contributed by atoms with Crippen molar-refractivity contribution in [1.29, 1.82) is 0 Å². The summed E-state index contributed by atoms with van der Waals surface area (Å²) < 4.78 is 31.6. The van der Waals surface area contributed by atoms with Crippen LogP contribution in [0, 0.1) is 0 Å². The maximum atomic E-state index is 13.2. The molecule has 39 heavy (non-hydrogen) atoms. The summed E-state index contributed by atoms with van der Waals surface area (Å²) >= 11 is 0. The van der Waals surface area contributed by atoms with Gasteiger partial charge in [-0.15, -0.1) is 0 Å². The van der Waals surface area contributed by atoms with Crippen LogP contribution in [0.1, 0.15) is 21.5 Å². The Labute approximate surface area is 221 Å². The number of alkyl halides is 2. The van der Waals surface area contributed by atoms with Crippen LogP contribution in [0.3, 0.4) is 0 Å². The molecule has 13 heteroatoms. The van der Waals surface area contributed by atoms with Gasteiger partial charge in [0.2, 0.25) is 0 Å². The number of aromatic nitrogens is 4. The third-order valence-electron chi connectivity index (χ3n) is 6.70. The molecule has 2 aromatic heterocycles. The summed E-state index contributed by atoms with van der Waals surface area (Å²) in [6, 6.07) is 10.7. The molecule has 1 aliphatic rings. The number of urea groups is 1. The van der Waals surface area contributed by atoms with Crippen molar-refractivity contribution in [2.45, 2.75) is 18.7 Å². The van der Waals surface area contributed by atoms with Crippen molar-refractivity contribution in [3.63, 3.8) is 0 Å². The van der Waals surface area contributed by atoms with Gasteiger partial charge in [0.25, 0.3) is 5.91 Å². The van der Waals surface area contributed by atoms with E-state index in [1.54, 1.807) is 41.2 Å². The second-order valence-corrected chi connectivity index (χ2v) is 9.13. The lowest BCUT2D eigenvalue weighted by molar-refractivity contribution is -0.0498. The van der Waals surface area contributed by atoms with E-state index < -0.39 is 30.7 Å². The van der Waals surface area contributed by atoms with Crippen molar-refractivity contribution in [3.05, 3.63) is 71.8 Å². The molecule has 0 unspecified atom stereocenters. The molecule has 11 nitrogen and oxygen atoms in total. The van der Waals surface area contributed by atoms with Crippen LogP contribution in [0.25, 0.3) is 22.4 Å². The van der Waals surface area contributed by atoms with Gasteiger partial charge in [-0.3, -0.25) is 4.79 Å². The van der Waals surface area contributed by atoms with Gasteiger partial charge in [-0.1, -0.05) is 30.3 Å². The van der Waals surface area contributed by atoms with Gasteiger partial charge in [-0.25, -0.2) is 19.7 Å². The first-order valence-electron chi connectivity index (χ1n) is 12.0. The number of imidazole rings is 1. The van der Waals surface area contributed by atoms with Crippen LogP contribution >= 0.6 is 0 Å². The predicted octanol–water partition coefficient (Wildman–Crippen LogP) is 2.40. The van der Waals surface area contributed by atoms with Gasteiger partial charge in [0.15, 0.2) is 5.65 Å². The van der Waals surface area contributed by atoms with Gasteiger partial charge in [0.1, 0.15) is 28.8 Å². The lowest BCUT2D eigenvalue weighted by Crippen LogP contribution is -2.57. The number of aliphatic hydroxyl groups is 1. The monoisotopic (exact) mass is 537 g/mol. The van der Waals surface area contributed by atoms with Crippen LogP contribution in [-0.4, -0.2) is 68.3 Å². The number of fused-ring (bicyclic) bond motifs is 2. The molecule has 5 rings (SSSR count). The van der Waals surface area contributed by atoms with E-state index in [4.69, 9.17) is 0 Å². The SMILES string of the molecule is CNC(=O)N[C@@](CO)(CN1Cc2ccc(OC(F)F)cc2C1=O)c1ccc(-c2ncnc3c2ncn3C)cc1. The molecule has 3 N–H and O–H groups in total. The quantitative estimate of drug-likeness (QED) is 0.314. The third-order valence-corrected chi connectivity index (χ3v) is 6.70. The highest BCUT2D eigenvalue weighted by atomic mass is 19.3. The van der Waals surface area contributed by atoms with Gasteiger partial charge >= 0.3 is 12.6 Å². The van der Waals surface area contributed by atoms with Crippen molar-refractivity contribution in [2.24, 2.45) is 7.05 Å². The van der Waals surface area contributed by atoms with Gasteiger partial charge in [-0.2, -0.15) is 8.78 Å². The molecule has 2 aromatic carbocycles. The first-order valence-corrected chi connectivity index (χ1v) is 12.0. The first kappa shape index (κ1) is 26.0. The average Bonchev–Trinajstić information content (AvgIpc) is 3.47. The maximum Gasteiger partial charge on any atom is 0.387 e. The molecule has 1 atom stereocenters. The lowest BCUT2D eigenvalue weighted by atomic mass is 9.88. The summed E-state index contributed by atoms with van der Waals surface area (Å²) in [5.41, 5.74) is 2.65. The Morgan fingerprint density at radius 1 is 1.18 bits per heavy atom. The molecule has 0 spiro atoms. The summed E-state index contributed by atoms with van der Waals surface area (Å²) in [7, 11) is 3.27.